The Bertz CT molecular complexity index is 1360. The lowest BCUT2D eigenvalue weighted by atomic mass is 10.1. The summed E-state index contributed by atoms with van der Waals surface area (Å²) in [6.45, 7) is 5.54. The largest absolute Gasteiger partial charge is 0.325 e. The third-order valence-corrected chi connectivity index (χ3v) is 6.68. The number of hydrogen-bond donors (Lipinski definition) is 1. The van der Waals surface area contributed by atoms with Crippen LogP contribution in [0, 0.1) is 26.6 Å². The number of aromatic nitrogens is 2. The first-order chi connectivity index (χ1) is 14.8. The molecule has 2 heterocycles. The van der Waals surface area contributed by atoms with Gasteiger partial charge in [-0.15, -0.1) is 11.3 Å². The number of thioether (sulfide) groups is 1. The average Bonchev–Trinajstić information content (AvgIpc) is 3.20. The Hall–Kier alpha value is -2.97. The molecule has 5 nitrogen and oxygen atoms in total. The summed E-state index contributed by atoms with van der Waals surface area (Å²) in [4.78, 5) is 30.3. The number of carbonyl (C=O) groups is 1. The van der Waals surface area contributed by atoms with Gasteiger partial charge >= 0.3 is 0 Å². The molecule has 1 amide bonds. The normalized spacial score (nSPS) is 11.1. The molecule has 0 aliphatic rings. The van der Waals surface area contributed by atoms with Crippen molar-refractivity contribution < 1.29 is 9.18 Å². The van der Waals surface area contributed by atoms with E-state index in [0.717, 1.165) is 16.8 Å². The molecule has 31 heavy (non-hydrogen) atoms. The van der Waals surface area contributed by atoms with E-state index in [0.29, 0.717) is 26.6 Å². The van der Waals surface area contributed by atoms with Crippen LogP contribution < -0.4 is 10.9 Å². The van der Waals surface area contributed by atoms with E-state index in [1.54, 1.807) is 30.5 Å². The number of rotatable bonds is 5. The third kappa shape index (κ3) is 4.40. The number of anilines is 1. The van der Waals surface area contributed by atoms with Crippen molar-refractivity contribution in [2.75, 3.05) is 11.1 Å². The van der Waals surface area contributed by atoms with Crippen molar-refractivity contribution >= 4 is 44.9 Å². The Morgan fingerprint density at radius 3 is 2.71 bits per heavy atom. The maximum Gasteiger partial charge on any atom is 0.276 e. The first-order valence-electron chi connectivity index (χ1n) is 9.60. The van der Waals surface area contributed by atoms with Crippen LogP contribution in [0.3, 0.4) is 0 Å². The van der Waals surface area contributed by atoms with Gasteiger partial charge in [0.15, 0.2) is 5.16 Å². The molecule has 4 aromatic rings. The molecule has 0 bridgehead atoms. The zero-order valence-electron chi connectivity index (χ0n) is 17.2. The van der Waals surface area contributed by atoms with Crippen molar-refractivity contribution in [1.29, 1.82) is 0 Å². The minimum absolute atomic E-state index is 0.0790. The van der Waals surface area contributed by atoms with E-state index in [2.05, 4.69) is 10.3 Å². The maximum absolute atomic E-state index is 13.8. The lowest BCUT2D eigenvalue weighted by Crippen LogP contribution is -2.22. The molecule has 0 saturated carbocycles. The Labute approximate surface area is 187 Å². The zero-order chi connectivity index (χ0) is 22.1. The molecule has 2 aromatic carbocycles. The van der Waals surface area contributed by atoms with Crippen LogP contribution in [0.4, 0.5) is 10.1 Å². The molecule has 4 rings (SSSR count). The number of nitrogens with one attached hydrogen (secondary N) is 1. The number of hydrogen-bond acceptors (Lipinski definition) is 5. The Morgan fingerprint density at radius 2 is 1.94 bits per heavy atom. The van der Waals surface area contributed by atoms with Crippen molar-refractivity contribution in [2.24, 2.45) is 0 Å². The van der Waals surface area contributed by atoms with Gasteiger partial charge in [0.1, 0.15) is 10.5 Å². The number of thiophene rings is 1. The first kappa shape index (κ1) is 21.3. The number of carbonyl (C=O) groups excluding carboxylic acids is 1. The van der Waals surface area contributed by atoms with Crippen LogP contribution in [-0.2, 0) is 4.79 Å². The molecule has 1 N–H and O–H groups in total. The van der Waals surface area contributed by atoms with Gasteiger partial charge in [-0.3, -0.25) is 14.2 Å². The monoisotopic (exact) mass is 453 g/mol. The van der Waals surface area contributed by atoms with Crippen molar-refractivity contribution in [3.8, 4) is 5.69 Å². The lowest BCUT2D eigenvalue weighted by molar-refractivity contribution is -0.113. The van der Waals surface area contributed by atoms with Gasteiger partial charge in [0.25, 0.3) is 5.56 Å². The van der Waals surface area contributed by atoms with E-state index in [-0.39, 0.29) is 23.0 Å². The molecule has 0 aliphatic carbocycles. The van der Waals surface area contributed by atoms with Crippen molar-refractivity contribution in [3.05, 3.63) is 80.7 Å². The summed E-state index contributed by atoms with van der Waals surface area (Å²) in [5, 5.41) is 5.12. The van der Waals surface area contributed by atoms with E-state index in [1.165, 1.54) is 33.7 Å². The van der Waals surface area contributed by atoms with E-state index in [9.17, 15) is 14.0 Å². The van der Waals surface area contributed by atoms with Crippen molar-refractivity contribution in [1.82, 2.24) is 9.55 Å². The molecule has 0 saturated heterocycles. The highest BCUT2D eigenvalue weighted by atomic mass is 32.2. The summed E-state index contributed by atoms with van der Waals surface area (Å²) in [6.07, 6.45) is 0. The zero-order valence-corrected chi connectivity index (χ0v) is 18.9. The Morgan fingerprint density at radius 1 is 1.13 bits per heavy atom. The van der Waals surface area contributed by atoms with E-state index in [4.69, 9.17) is 0 Å². The van der Waals surface area contributed by atoms with Gasteiger partial charge in [-0.25, -0.2) is 9.37 Å². The highest BCUT2D eigenvalue weighted by Gasteiger charge is 2.17. The predicted molar refractivity (Wildman–Crippen MR) is 125 cm³/mol. The number of halogens is 1. The predicted octanol–water partition coefficient (Wildman–Crippen LogP) is 5.24. The molecule has 2 aromatic heterocycles. The van der Waals surface area contributed by atoms with Gasteiger partial charge < -0.3 is 5.32 Å². The number of nitrogens with zero attached hydrogens (tertiary/aromatic N) is 2. The van der Waals surface area contributed by atoms with Crippen LogP contribution in [-0.4, -0.2) is 21.2 Å². The summed E-state index contributed by atoms with van der Waals surface area (Å²) in [5.41, 5.74) is 4.09. The maximum atomic E-state index is 13.8. The molecule has 0 fully saturated rings. The van der Waals surface area contributed by atoms with E-state index < -0.39 is 0 Å². The topological polar surface area (TPSA) is 64.0 Å². The molecule has 158 valence electrons. The molecular formula is C23H20FN3O2S2. The molecule has 0 radical (unpaired) electrons. The van der Waals surface area contributed by atoms with Crippen LogP contribution in [0.2, 0.25) is 0 Å². The van der Waals surface area contributed by atoms with Crippen molar-refractivity contribution in [2.45, 2.75) is 25.9 Å². The van der Waals surface area contributed by atoms with Gasteiger partial charge in [0.2, 0.25) is 5.91 Å². The lowest BCUT2D eigenvalue weighted by Gasteiger charge is -2.13. The second-order valence-electron chi connectivity index (χ2n) is 7.26. The summed E-state index contributed by atoms with van der Waals surface area (Å²) >= 11 is 2.48. The van der Waals surface area contributed by atoms with Gasteiger partial charge in [0, 0.05) is 5.69 Å². The standard InChI is InChI=1S/C23H20FN3O2S2/c1-13-4-5-14(2)19(10-13)25-20(28)12-31-23-26-18-8-9-30-21(18)22(29)27(23)16-6-7-17(24)15(3)11-16/h4-11H,12H2,1-3H3,(H,25,28). The SMILES string of the molecule is Cc1ccc(C)c(NC(=O)CSc2nc3ccsc3c(=O)n2-c2ccc(F)c(C)c2)c1. The van der Waals surface area contributed by atoms with Crippen LogP contribution in [0.15, 0.2) is 57.8 Å². The highest BCUT2D eigenvalue weighted by Crippen LogP contribution is 2.25. The molecule has 0 aliphatic heterocycles. The summed E-state index contributed by atoms with van der Waals surface area (Å²) < 4.78 is 15.7. The Kier molecular flexibility index (Phi) is 5.93. The fraction of sp³-hybridized carbons (Fsp3) is 0.174. The van der Waals surface area contributed by atoms with Crippen LogP contribution in [0.5, 0.6) is 0 Å². The molecular weight excluding hydrogens is 433 g/mol. The minimum Gasteiger partial charge on any atom is -0.325 e. The fourth-order valence-corrected chi connectivity index (χ4v) is 4.74. The number of aryl methyl sites for hydroxylation is 3. The van der Waals surface area contributed by atoms with Gasteiger partial charge in [-0.05, 0) is 73.2 Å². The smallest absolute Gasteiger partial charge is 0.276 e. The summed E-state index contributed by atoms with van der Waals surface area (Å²) in [5.74, 6) is -0.459. The highest BCUT2D eigenvalue weighted by molar-refractivity contribution is 7.99. The first-order valence-corrected chi connectivity index (χ1v) is 11.5. The number of amides is 1. The van der Waals surface area contributed by atoms with Crippen LogP contribution >= 0.6 is 23.1 Å². The van der Waals surface area contributed by atoms with Gasteiger partial charge in [-0.1, -0.05) is 23.9 Å². The quantitative estimate of drug-likeness (QED) is 0.331. The molecule has 0 spiro atoms. The Balaban J connectivity index is 1.66. The van der Waals surface area contributed by atoms with E-state index >= 15 is 0 Å². The fourth-order valence-electron chi connectivity index (χ4n) is 3.17. The van der Waals surface area contributed by atoms with Crippen LogP contribution in [0.1, 0.15) is 16.7 Å². The average molecular weight is 454 g/mol. The van der Waals surface area contributed by atoms with Gasteiger partial charge in [0.05, 0.1) is 17.0 Å². The number of benzene rings is 2. The summed E-state index contributed by atoms with van der Waals surface area (Å²) in [6, 6.07) is 12.1. The molecule has 0 atom stereocenters. The van der Waals surface area contributed by atoms with Crippen LogP contribution in [0.25, 0.3) is 15.9 Å². The molecule has 0 unspecified atom stereocenters. The van der Waals surface area contributed by atoms with Gasteiger partial charge in [-0.2, -0.15) is 0 Å². The third-order valence-electron chi connectivity index (χ3n) is 4.85. The summed E-state index contributed by atoms with van der Waals surface area (Å²) in [7, 11) is 0. The van der Waals surface area contributed by atoms with Crippen molar-refractivity contribution in [3.63, 3.8) is 0 Å². The molecule has 8 heteroatoms. The second-order valence-corrected chi connectivity index (χ2v) is 9.12. The minimum atomic E-state index is -0.343. The number of fused-ring (bicyclic) bond motifs is 1. The van der Waals surface area contributed by atoms with E-state index in [1.807, 2.05) is 32.0 Å². The second kappa shape index (κ2) is 8.64.